The molecule has 1 aliphatic rings. The molecule has 112 valence electrons. The number of allylic oxidation sites excluding steroid dienone is 2. The molecular formula is C14H14ClNO4S. The smallest absolute Gasteiger partial charge is 0.313 e. The third kappa shape index (κ3) is 2.62. The van der Waals surface area contributed by atoms with Crippen LogP contribution in [0.1, 0.15) is 5.56 Å². The van der Waals surface area contributed by atoms with Crippen LogP contribution in [0.25, 0.3) is 0 Å². The van der Waals surface area contributed by atoms with E-state index in [1.807, 2.05) is 6.92 Å². The first-order valence-corrected chi connectivity index (χ1v) is 7.94. The van der Waals surface area contributed by atoms with Gasteiger partial charge in [0.1, 0.15) is 5.92 Å². The molecule has 0 radical (unpaired) electrons. The predicted molar refractivity (Wildman–Crippen MR) is 79.5 cm³/mol. The van der Waals surface area contributed by atoms with Crippen molar-refractivity contribution in [2.75, 3.05) is 0 Å². The Bertz CT molecular complexity index is 737. The normalized spacial score (nSPS) is 25.5. The van der Waals surface area contributed by atoms with E-state index in [-0.39, 0.29) is 9.93 Å². The molecular weight excluding hydrogens is 314 g/mol. The van der Waals surface area contributed by atoms with E-state index >= 15 is 0 Å². The zero-order valence-corrected chi connectivity index (χ0v) is 12.7. The summed E-state index contributed by atoms with van der Waals surface area (Å²) in [7, 11) is -4.12. The molecule has 5 nitrogen and oxygen atoms in total. The highest BCUT2D eigenvalue weighted by atomic mass is 35.5. The Hall–Kier alpha value is -1.63. The van der Waals surface area contributed by atoms with Crippen LogP contribution in [0, 0.1) is 12.8 Å². The summed E-state index contributed by atoms with van der Waals surface area (Å²) in [4.78, 5) is 9.17. The van der Waals surface area contributed by atoms with E-state index in [0.717, 1.165) is 11.6 Å². The van der Waals surface area contributed by atoms with Gasteiger partial charge in [0, 0.05) is 5.03 Å². The van der Waals surface area contributed by atoms with Gasteiger partial charge < -0.3 is 10.8 Å². The molecule has 21 heavy (non-hydrogen) atoms. The minimum absolute atomic E-state index is 0.0436. The highest BCUT2D eigenvalue weighted by Crippen LogP contribution is 2.35. The molecule has 3 N–H and O–H groups in total. The highest BCUT2D eigenvalue weighted by molar-refractivity contribution is 7.93. The minimum Gasteiger partial charge on any atom is -0.481 e. The molecule has 0 amide bonds. The summed E-state index contributed by atoms with van der Waals surface area (Å²) in [6.45, 7) is 1.81. The van der Waals surface area contributed by atoms with Gasteiger partial charge in [0.2, 0.25) is 9.84 Å². The molecule has 7 heteroatoms. The average molecular weight is 328 g/mol. The zero-order valence-electron chi connectivity index (χ0n) is 11.2. The molecule has 1 aromatic carbocycles. The average Bonchev–Trinajstić information content (AvgIpc) is 2.38. The van der Waals surface area contributed by atoms with Gasteiger partial charge in [0.15, 0.2) is 4.87 Å². The van der Waals surface area contributed by atoms with Crippen molar-refractivity contribution in [3.63, 3.8) is 0 Å². The number of aliphatic carboxylic acids is 1. The largest absolute Gasteiger partial charge is 0.481 e. The number of carboxylic acid groups (broad SMARTS) is 1. The predicted octanol–water partition coefficient (Wildman–Crippen LogP) is 1.82. The van der Waals surface area contributed by atoms with Gasteiger partial charge in [0.25, 0.3) is 0 Å². The summed E-state index contributed by atoms with van der Waals surface area (Å²) in [5.41, 5.74) is 6.84. The molecule has 2 rings (SSSR count). The second-order valence-electron chi connectivity index (χ2n) is 4.87. The molecule has 0 saturated carbocycles. The summed E-state index contributed by atoms with van der Waals surface area (Å²) < 4.78 is 25.5. The second kappa shape index (κ2) is 5.29. The van der Waals surface area contributed by atoms with Crippen molar-refractivity contribution in [3.05, 3.63) is 53.1 Å². The quantitative estimate of drug-likeness (QED) is 0.882. The maximum atomic E-state index is 12.8. The number of carboxylic acids is 1. The SMILES string of the molecule is Cc1ccc(S(=O)(=O)C2(N)C=C(Cl)C=CC2C(=O)O)cc1. The maximum Gasteiger partial charge on any atom is 0.313 e. The molecule has 0 spiro atoms. The van der Waals surface area contributed by atoms with Crippen LogP contribution in [0.4, 0.5) is 0 Å². The van der Waals surface area contributed by atoms with Crippen molar-refractivity contribution in [3.8, 4) is 0 Å². The molecule has 0 heterocycles. The van der Waals surface area contributed by atoms with E-state index < -0.39 is 26.6 Å². The standard InChI is InChI=1S/C14H14ClNO4S/c1-9-2-5-11(6-3-9)21(19,20)14(16)8-10(15)4-7-12(14)13(17)18/h2-8,12H,16H2,1H3,(H,17,18). The van der Waals surface area contributed by atoms with Crippen molar-refractivity contribution >= 4 is 27.4 Å². The van der Waals surface area contributed by atoms with Gasteiger partial charge in [0.05, 0.1) is 4.90 Å². The zero-order chi connectivity index (χ0) is 15.8. The van der Waals surface area contributed by atoms with Crippen LogP contribution in [0.5, 0.6) is 0 Å². The third-order valence-corrected chi connectivity index (χ3v) is 5.79. The lowest BCUT2D eigenvalue weighted by Gasteiger charge is -2.32. The van der Waals surface area contributed by atoms with Gasteiger partial charge in [-0.3, -0.25) is 4.79 Å². The molecule has 0 aromatic heterocycles. The Morgan fingerprint density at radius 3 is 2.43 bits per heavy atom. The number of carbonyl (C=O) groups is 1. The minimum atomic E-state index is -4.12. The Labute approximate surface area is 127 Å². The lowest BCUT2D eigenvalue weighted by molar-refractivity contribution is -0.140. The Balaban J connectivity index is 2.62. The first kappa shape index (κ1) is 15.8. The Morgan fingerprint density at radius 2 is 1.90 bits per heavy atom. The molecule has 1 aliphatic carbocycles. The summed E-state index contributed by atoms with van der Waals surface area (Å²) in [6.07, 6.45) is 3.59. The van der Waals surface area contributed by atoms with Crippen molar-refractivity contribution in [1.29, 1.82) is 0 Å². The fourth-order valence-electron chi connectivity index (χ4n) is 2.13. The number of hydrogen-bond donors (Lipinski definition) is 2. The first-order chi connectivity index (χ1) is 9.68. The molecule has 0 aliphatic heterocycles. The van der Waals surface area contributed by atoms with E-state index in [2.05, 4.69) is 0 Å². The van der Waals surface area contributed by atoms with Crippen molar-refractivity contribution in [1.82, 2.24) is 0 Å². The van der Waals surface area contributed by atoms with Crippen LogP contribution in [0.15, 0.2) is 52.4 Å². The fourth-order valence-corrected chi connectivity index (χ4v) is 4.15. The van der Waals surface area contributed by atoms with E-state index in [0.29, 0.717) is 0 Å². The van der Waals surface area contributed by atoms with Crippen molar-refractivity contribution < 1.29 is 18.3 Å². The summed E-state index contributed by atoms with van der Waals surface area (Å²) in [6, 6.07) is 6.04. The lowest BCUT2D eigenvalue weighted by atomic mass is 9.95. The van der Waals surface area contributed by atoms with Gasteiger partial charge in [-0.2, -0.15) is 0 Å². The van der Waals surface area contributed by atoms with Crippen LogP contribution < -0.4 is 5.73 Å². The number of rotatable bonds is 3. The van der Waals surface area contributed by atoms with Crippen LogP contribution in [-0.4, -0.2) is 24.4 Å². The van der Waals surface area contributed by atoms with Crippen molar-refractivity contribution in [2.24, 2.45) is 11.7 Å². The molecule has 2 unspecified atom stereocenters. The monoisotopic (exact) mass is 327 g/mol. The lowest BCUT2D eigenvalue weighted by Crippen LogP contribution is -2.55. The topological polar surface area (TPSA) is 97.5 Å². The third-order valence-electron chi connectivity index (χ3n) is 3.36. The summed E-state index contributed by atoms with van der Waals surface area (Å²) >= 11 is 5.83. The van der Waals surface area contributed by atoms with Gasteiger partial charge in [-0.15, -0.1) is 0 Å². The van der Waals surface area contributed by atoms with E-state index in [1.54, 1.807) is 12.1 Å². The molecule has 0 fully saturated rings. The van der Waals surface area contributed by atoms with E-state index in [4.69, 9.17) is 17.3 Å². The van der Waals surface area contributed by atoms with Gasteiger partial charge in [-0.25, -0.2) is 8.42 Å². The summed E-state index contributed by atoms with van der Waals surface area (Å²) in [5.74, 6) is -2.74. The number of sulfone groups is 1. The molecule has 0 bridgehead atoms. The van der Waals surface area contributed by atoms with Crippen LogP contribution >= 0.6 is 11.6 Å². The fraction of sp³-hybridized carbons (Fsp3) is 0.214. The molecule has 2 atom stereocenters. The van der Waals surface area contributed by atoms with Crippen LogP contribution in [0.2, 0.25) is 0 Å². The Kier molecular flexibility index (Phi) is 3.97. The first-order valence-electron chi connectivity index (χ1n) is 6.08. The number of nitrogens with two attached hydrogens (primary N) is 1. The summed E-state index contributed by atoms with van der Waals surface area (Å²) in [5, 5.41) is 9.34. The Morgan fingerprint density at radius 1 is 1.33 bits per heavy atom. The van der Waals surface area contributed by atoms with Crippen LogP contribution in [0.3, 0.4) is 0 Å². The van der Waals surface area contributed by atoms with Gasteiger partial charge in [-0.05, 0) is 31.2 Å². The number of aryl methyl sites for hydroxylation is 1. The molecule has 0 saturated heterocycles. The van der Waals surface area contributed by atoms with E-state index in [1.165, 1.54) is 24.3 Å². The van der Waals surface area contributed by atoms with Gasteiger partial charge in [-0.1, -0.05) is 35.4 Å². The molecule has 1 aromatic rings. The highest BCUT2D eigenvalue weighted by Gasteiger charge is 2.50. The van der Waals surface area contributed by atoms with Crippen molar-refractivity contribution in [2.45, 2.75) is 16.7 Å². The van der Waals surface area contributed by atoms with Gasteiger partial charge >= 0.3 is 5.97 Å². The second-order valence-corrected chi connectivity index (χ2v) is 7.50. The van der Waals surface area contributed by atoms with Crippen LogP contribution in [-0.2, 0) is 14.6 Å². The number of benzene rings is 1. The van der Waals surface area contributed by atoms with E-state index in [9.17, 15) is 18.3 Å². The number of hydrogen-bond acceptors (Lipinski definition) is 4. The maximum absolute atomic E-state index is 12.8. The number of halogens is 1.